The normalized spacial score (nSPS) is 11.0. The van der Waals surface area contributed by atoms with Gasteiger partial charge in [-0.1, -0.05) is 41.7 Å². The molecule has 0 saturated carbocycles. The van der Waals surface area contributed by atoms with Crippen LogP contribution in [0.25, 0.3) is 0 Å². The Bertz CT molecular complexity index is 1160. The molecule has 0 fully saturated rings. The van der Waals surface area contributed by atoms with Crippen molar-refractivity contribution in [1.29, 1.82) is 0 Å². The number of amides is 2. The van der Waals surface area contributed by atoms with Crippen molar-refractivity contribution in [3.63, 3.8) is 0 Å². The number of nitrogens with one attached hydrogen (secondary N) is 2. The first-order chi connectivity index (χ1) is 13.3. The average molecular weight is 417 g/mol. The number of rotatable bonds is 6. The summed E-state index contributed by atoms with van der Waals surface area (Å²) in [6.45, 7) is 1.78. The summed E-state index contributed by atoms with van der Waals surface area (Å²) in [7, 11) is -4.12. The maximum atomic E-state index is 12.5. The van der Waals surface area contributed by atoms with Crippen LogP contribution >= 0.6 is 11.3 Å². The van der Waals surface area contributed by atoms with Crippen LogP contribution in [0.1, 0.15) is 26.3 Å². The molecule has 144 valence electrons. The highest BCUT2D eigenvalue weighted by Gasteiger charge is 2.23. The Balaban J connectivity index is 1.80. The predicted octanol–water partition coefficient (Wildman–Crippen LogP) is 2.00. The molecule has 0 saturated heterocycles. The zero-order valence-corrected chi connectivity index (χ0v) is 16.2. The Kier molecular flexibility index (Phi) is 5.38. The highest BCUT2D eigenvalue weighted by atomic mass is 32.2. The second-order valence-electron chi connectivity index (χ2n) is 5.66. The molecule has 0 bridgehead atoms. The van der Waals surface area contributed by atoms with E-state index in [0.717, 1.165) is 5.56 Å². The molecule has 28 heavy (non-hydrogen) atoms. The summed E-state index contributed by atoms with van der Waals surface area (Å²) < 4.78 is 27.0. The van der Waals surface area contributed by atoms with Crippen LogP contribution in [0.2, 0.25) is 0 Å². The Morgan fingerprint density at radius 2 is 1.64 bits per heavy atom. The molecule has 0 unspecified atom stereocenters. The lowest BCUT2D eigenvalue weighted by molar-refractivity contribution is 0.0998. The lowest BCUT2D eigenvalue weighted by Gasteiger charge is -2.08. The molecule has 9 nitrogen and oxygen atoms in total. The first-order valence-electron chi connectivity index (χ1n) is 7.90. The highest BCUT2D eigenvalue weighted by molar-refractivity contribution is 7.94. The fraction of sp³-hybridized carbons (Fsp3) is 0.0588. The third-order valence-electron chi connectivity index (χ3n) is 3.68. The van der Waals surface area contributed by atoms with Crippen molar-refractivity contribution in [2.75, 3.05) is 10.0 Å². The number of hydrogen-bond donors (Lipinski definition) is 3. The molecule has 0 radical (unpaired) electrons. The van der Waals surface area contributed by atoms with Gasteiger partial charge in [0, 0.05) is 5.56 Å². The van der Waals surface area contributed by atoms with E-state index in [9.17, 15) is 18.0 Å². The molecule has 3 rings (SSSR count). The van der Waals surface area contributed by atoms with Crippen molar-refractivity contribution < 1.29 is 18.0 Å². The number of primary amides is 1. The van der Waals surface area contributed by atoms with Crippen molar-refractivity contribution in [2.24, 2.45) is 5.73 Å². The van der Waals surface area contributed by atoms with Crippen LogP contribution in [-0.2, 0) is 10.0 Å². The number of hydrogen-bond acceptors (Lipinski definition) is 7. The molecular weight excluding hydrogens is 402 g/mol. The van der Waals surface area contributed by atoms with Crippen molar-refractivity contribution in [1.82, 2.24) is 10.2 Å². The second kappa shape index (κ2) is 7.74. The molecule has 4 N–H and O–H groups in total. The van der Waals surface area contributed by atoms with Gasteiger partial charge in [-0.05, 0) is 30.7 Å². The maximum Gasteiger partial charge on any atom is 0.291 e. The molecule has 1 aromatic heterocycles. The molecule has 3 aromatic rings. The number of sulfonamides is 1. The number of anilines is 2. The summed E-state index contributed by atoms with van der Waals surface area (Å²) in [5, 5.41) is 9.87. The summed E-state index contributed by atoms with van der Waals surface area (Å²) in [5.41, 5.74) is 6.50. The highest BCUT2D eigenvalue weighted by Crippen LogP contribution is 2.24. The molecule has 0 aliphatic carbocycles. The largest absolute Gasteiger partial charge is 0.366 e. The SMILES string of the molecule is Cc1ccccc1C(=O)Nc1nnc(S(=O)(=O)Nc2ccccc2C(N)=O)s1. The number of para-hydroxylation sites is 1. The molecule has 0 aliphatic rings. The minimum atomic E-state index is -4.12. The fourth-order valence-electron chi connectivity index (χ4n) is 2.34. The average Bonchev–Trinajstić information content (AvgIpc) is 3.11. The molecule has 1 heterocycles. The molecule has 0 aliphatic heterocycles. The van der Waals surface area contributed by atoms with Crippen molar-refractivity contribution in [2.45, 2.75) is 11.3 Å². The van der Waals surface area contributed by atoms with Gasteiger partial charge < -0.3 is 5.73 Å². The Morgan fingerprint density at radius 3 is 2.32 bits per heavy atom. The molecule has 2 amide bonds. The van der Waals surface area contributed by atoms with Gasteiger partial charge in [-0.15, -0.1) is 10.2 Å². The van der Waals surface area contributed by atoms with Gasteiger partial charge >= 0.3 is 0 Å². The number of carbonyl (C=O) groups excluding carboxylic acids is 2. The van der Waals surface area contributed by atoms with Crippen LogP contribution in [-0.4, -0.2) is 30.4 Å². The van der Waals surface area contributed by atoms with E-state index in [1.54, 1.807) is 43.3 Å². The quantitative estimate of drug-likeness (QED) is 0.523. The molecule has 0 spiro atoms. The van der Waals surface area contributed by atoms with Gasteiger partial charge in [0.15, 0.2) is 0 Å². The standard InChI is InChI=1S/C17H15N5O4S2/c1-10-6-2-3-7-11(10)15(24)19-16-20-21-17(27-16)28(25,26)22-13-9-5-4-8-12(13)14(18)23/h2-9,22H,1H3,(H2,18,23)(H,19,20,24). The van der Waals surface area contributed by atoms with E-state index >= 15 is 0 Å². The zero-order valence-electron chi connectivity index (χ0n) is 14.5. The lowest BCUT2D eigenvalue weighted by Crippen LogP contribution is -2.18. The van der Waals surface area contributed by atoms with Gasteiger partial charge in [0.1, 0.15) is 0 Å². The van der Waals surface area contributed by atoms with E-state index in [2.05, 4.69) is 20.2 Å². The van der Waals surface area contributed by atoms with Crippen LogP contribution in [0.4, 0.5) is 10.8 Å². The van der Waals surface area contributed by atoms with Gasteiger partial charge in [-0.3, -0.25) is 19.6 Å². The minimum absolute atomic E-state index is 0.0173. The van der Waals surface area contributed by atoms with Gasteiger partial charge in [0.25, 0.3) is 26.2 Å². The smallest absolute Gasteiger partial charge is 0.291 e. The van der Waals surface area contributed by atoms with Crippen LogP contribution in [0.15, 0.2) is 52.9 Å². The van der Waals surface area contributed by atoms with E-state index in [1.165, 1.54) is 12.1 Å². The monoisotopic (exact) mass is 417 g/mol. The summed E-state index contributed by atoms with van der Waals surface area (Å²) in [6, 6.07) is 12.9. The summed E-state index contributed by atoms with van der Waals surface area (Å²) in [6.07, 6.45) is 0. The van der Waals surface area contributed by atoms with Gasteiger partial charge in [-0.2, -0.15) is 8.42 Å². The van der Waals surface area contributed by atoms with Crippen molar-refractivity contribution in [3.05, 3.63) is 65.2 Å². The number of aryl methyl sites for hydroxylation is 1. The maximum absolute atomic E-state index is 12.5. The molecule has 0 atom stereocenters. The number of nitrogens with zero attached hydrogens (tertiary/aromatic N) is 2. The summed E-state index contributed by atoms with van der Waals surface area (Å²) in [4.78, 5) is 23.8. The van der Waals surface area contributed by atoms with Crippen LogP contribution in [0.5, 0.6) is 0 Å². The fourth-order valence-corrected chi connectivity index (χ4v) is 4.31. The number of carbonyl (C=O) groups is 2. The van der Waals surface area contributed by atoms with Crippen molar-refractivity contribution in [3.8, 4) is 0 Å². The summed E-state index contributed by atoms with van der Waals surface area (Å²) >= 11 is 0.681. The van der Waals surface area contributed by atoms with E-state index < -0.39 is 21.8 Å². The first-order valence-corrected chi connectivity index (χ1v) is 10.2. The van der Waals surface area contributed by atoms with E-state index in [1.807, 2.05) is 0 Å². The lowest BCUT2D eigenvalue weighted by atomic mass is 10.1. The van der Waals surface area contributed by atoms with Crippen LogP contribution in [0, 0.1) is 6.92 Å². The van der Waals surface area contributed by atoms with E-state index in [-0.39, 0.29) is 20.7 Å². The second-order valence-corrected chi connectivity index (χ2v) is 8.49. The molecule has 11 heteroatoms. The van der Waals surface area contributed by atoms with Gasteiger partial charge in [0.2, 0.25) is 5.13 Å². The van der Waals surface area contributed by atoms with E-state index in [4.69, 9.17) is 5.73 Å². The summed E-state index contributed by atoms with van der Waals surface area (Å²) in [5.74, 6) is -1.20. The van der Waals surface area contributed by atoms with Gasteiger partial charge in [0.05, 0.1) is 11.3 Å². The molecule has 2 aromatic carbocycles. The number of aromatic nitrogens is 2. The zero-order chi connectivity index (χ0) is 20.3. The minimum Gasteiger partial charge on any atom is -0.366 e. The Hall–Kier alpha value is -3.31. The van der Waals surface area contributed by atoms with Crippen LogP contribution < -0.4 is 15.8 Å². The third-order valence-corrected chi connectivity index (χ3v) is 6.25. The van der Waals surface area contributed by atoms with Crippen LogP contribution in [0.3, 0.4) is 0 Å². The predicted molar refractivity (Wildman–Crippen MR) is 105 cm³/mol. The number of nitrogens with two attached hydrogens (primary N) is 1. The Labute approximate surface area is 164 Å². The first kappa shape index (κ1) is 19.5. The van der Waals surface area contributed by atoms with Crippen molar-refractivity contribution >= 4 is 44.0 Å². The Morgan fingerprint density at radius 1 is 1.00 bits per heavy atom. The molecular formula is C17H15N5O4S2. The topological polar surface area (TPSA) is 144 Å². The third kappa shape index (κ3) is 4.15. The number of benzene rings is 2. The van der Waals surface area contributed by atoms with Gasteiger partial charge in [-0.25, -0.2) is 0 Å². The van der Waals surface area contributed by atoms with E-state index in [0.29, 0.717) is 16.9 Å².